The van der Waals surface area contributed by atoms with E-state index >= 15 is 0 Å². The minimum Gasteiger partial charge on any atom is -0.0996 e. The lowest BCUT2D eigenvalue weighted by molar-refractivity contribution is 0.194. The van der Waals surface area contributed by atoms with Crippen molar-refractivity contribution < 1.29 is 0 Å². The van der Waals surface area contributed by atoms with E-state index in [4.69, 9.17) is 0 Å². The van der Waals surface area contributed by atoms with Gasteiger partial charge in [0.05, 0.1) is 0 Å². The maximum atomic E-state index is 4.42. The summed E-state index contributed by atoms with van der Waals surface area (Å²) in [5.74, 6) is 3.78. The van der Waals surface area contributed by atoms with Crippen LogP contribution in [0.1, 0.15) is 59.8 Å². The van der Waals surface area contributed by atoms with Gasteiger partial charge >= 0.3 is 0 Å². The molecule has 17 heavy (non-hydrogen) atoms. The van der Waals surface area contributed by atoms with Crippen LogP contribution in [0.3, 0.4) is 0 Å². The van der Waals surface area contributed by atoms with Gasteiger partial charge in [-0.1, -0.05) is 39.8 Å². The number of hydrogen-bond donors (Lipinski definition) is 0. The molecule has 3 fully saturated rings. The lowest BCUT2D eigenvalue weighted by atomic mass is 9.72. The molecular weight excluding hydrogens is 204 g/mol. The summed E-state index contributed by atoms with van der Waals surface area (Å²) in [5, 5.41) is 0. The molecular formula is C17H28. The summed E-state index contributed by atoms with van der Waals surface area (Å²) in [4.78, 5) is 0. The van der Waals surface area contributed by atoms with E-state index in [-0.39, 0.29) is 0 Å². The zero-order valence-corrected chi connectivity index (χ0v) is 12.1. The van der Waals surface area contributed by atoms with Crippen LogP contribution in [-0.4, -0.2) is 0 Å². The fraction of sp³-hybridized carbons (Fsp3) is 0.882. The average Bonchev–Trinajstić information content (AvgIpc) is 2.54. The first-order valence-electron chi connectivity index (χ1n) is 7.52. The molecule has 3 aliphatic rings. The van der Waals surface area contributed by atoms with E-state index in [1.165, 1.54) is 32.1 Å². The number of allylic oxidation sites excluding steroid dienone is 1. The highest BCUT2D eigenvalue weighted by molar-refractivity contribution is 5.16. The molecule has 0 aromatic rings. The molecule has 3 rings (SSSR count). The Morgan fingerprint density at radius 1 is 1.00 bits per heavy atom. The van der Waals surface area contributed by atoms with E-state index in [0.717, 1.165) is 23.7 Å². The lowest BCUT2D eigenvalue weighted by Crippen LogP contribution is -2.25. The van der Waals surface area contributed by atoms with E-state index < -0.39 is 0 Å². The number of fused-ring (bicyclic) bond motifs is 2. The summed E-state index contributed by atoms with van der Waals surface area (Å²) < 4.78 is 0. The van der Waals surface area contributed by atoms with Gasteiger partial charge in [0, 0.05) is 0 Å². The van der Waals surface area contributed by atoms with Gasteiger partial charge < -0.3 is 0 Å². The van der Waals surface area contributed by atoms with Crippen molar-refractivity contribution in [3.63, 3.8) is 0 Å². The SMILES string of the molecule is C=C1CC[C@@H]2[C@H](C[C@H]3[C@H]1CCC3(C)C)C2(C)C. The topological polar surface area (TPSA) is 0 Å². The van der Waals surface area contributed by atoms with E-state index in [9.17, 15) is 0 Å². The Balaban J connectivity index is 1.87. The molecule has 0 spiro atoms. The van der Waals surface area contributed by atoms with Crippen molar-refractivity contribution in [2.24, 2.45) is 34.5 Å². The predicted molar refractivity (Wildman–Crippen MR) is 73.7 cm³/mol. The van der Waals surface area contributed by atoms with Crippen LogP contribution in [0.25, 0.3) is 0 Å². The van der Waals surface area contributed by atoms with Crippen LogP contribution in [0.15, 0.2) is 12.2 Å². The second-order valence-corrected chi connectivity index (χ2v) is 8.21. The van der Waals surface area contributed by atoms with Gasteiger partial charge in [-0.25, -0.2) is 0 Å². The monoisotopic (exact) mass is 232 g/mol. The first-order valence-corrected chi connectivity index (χ1v) is 7.52. The Morgan fingerprint density at radius 3 is 2.41 bits per heavy atom. The summed E-state index contributed by atoms with van der Waals surface area (Å²) >= 11 is 0. The molecule has 0 amide bonds. The van der Waals surface area contributed by atoms with Crippen molar-refractivity contribution in [2.75, 3.05) is 0 Å². The third-order valence-corrected chi connectivity index (χ3v) is 6.69. The van der Waals surface area contributed by atoms with Crippen molar-refractivity contribution in [1.29, 1.82) is 0 Å². The molecule has 3 aliphatic carbocycles. The van der Waals surface area contributed by atoms with E-state index in [1.807, 2.05) is 0 Å². The van der Waals surface area contributed by atoms with Crippen LogP contribution in [0.2, 0.25) is 0 Å². The first-order chi connectivity index (χ1) is 7.84. The smallest absolute Gasteiger partial charge is 0.0172 e. The number of rotatable bonds is 0. The highest BCUT2D eigenvalue weighted by Gasteiger charge is 2.60. The minimum atomic E-state index is 0.564. The molecule has 3 saturated carbocycles. The molecule has 0 heterocycles. The molecule has 0 radical (unpaired) electrons. The Hall–Kier alpha value is -0.260. The van der Waals surface area contributed by atoms with Crippen LogP contribution in [0.4, 0.5) is 0 Å². The Morgan fingerprint density at radius 2 is 1.71 bits per heavy atom. The normalized spacial score (nSPS) is 46.7. The maximum absolute atomic E-state index is 4.42. The molecule has 0 aromatic carbocycles. The standard InChI is InChI=1S/C17H28/c1-11-6-7-13-15(17(13,4)5)10-14-12(11)8-9-16(14,2)3/h12-15H,1,6-10H2,2-5H3/t12-,13+,14-,15-/m0/s1. The van der Waals surface area contributed by atoms with Gasteiger partial charge in [0.2, 0.25) is 0 Å². The fourth-order valence-corrected chi connectivity index (χ4v) is 5.13. The number of hydrogen-bond acceptors (Lipinski definition) is 0. The van der Waals surface area contributed by atoms with Gasteiger partial charge in [-0.05, 0) is 66.6 Å². The molecule has 0 aromatic heterocycles. The molecule has 0 aliphatic heterocycles. The molecule has 0 nitrogen and oxygen atoms in total. The van der Waals surface area contributed by atoms with Crippen molar-refractivity contribution >= 4 is 0 Å². The lowest BCUT2D eigenvalue weighted by Gasteiger charge is -2.33. The highest BCUT2D eigenvalue weighted by atomic mass is 14.6. The molecule has 4 atom stereocenters. The summed E-state index contributed by atoms with van der Waals surface area (Å²) in [6, 6.07) is 0. The third-order valence-electron chi connectivity index (χ3n) is 6.69. The third kappa shape index (κ3) is 1.63. The largest absolute Gasteiger partial charge is 0.0996 e. The van der Waals surface area contributed by atoms with Gasteiger partial charge in [-0.15, -0.1) is 0 Å². The van der Waals surface area contributed by atoms with Gasteiger partial charge in [-0.2, -0.15) is 0 Å². The Kier molecular flexibility index (Phi) is 2.36. The van der Waals surface area contributed by atoms with Crippen LogP contribution in [-0.2, 0) is 0 Å². The second-order valence-electron chi connectivity index (χ2n) is 8.21. The van der Waals surface area contributed by atoms with E-state index in [2.05, 4.69) is 34.3 Å². The van der Waals surface area contributed by atoms with Gasteiger partial charge in [0.15, 0.2) is 0 Å². The highest BCUT2D eigenvalue weighted by Crippen LogP contribution is 2.67. The summed E-state index contributed by atoms with van der Waals surface area (Å²) in [5.41, 5.74) is 2.78. The quantitative estimate of drug-likeness (QED) is 0.513. The van der Waals surface area contributed by atoms with E-state index in [0.29, 0.717) is 10.8 Å². The maximum Gasteiger partial charge on any atom is -0.0172 e. The Labute approximate surface area is 107 Å². The van der Waals surface area contributed by atoms with Gasteiger partial charge in [0.25, 0.3) is 0 Å². The zero-order valence-electron chi connectivity index (χ0n) is 12.1. The molecule has 96 valence electrons. The van der Waals surface area contributed by atoms with Crippen LogP contribution in [0.5, 0.6) is 0 Å². The molecule has 0 heteroatoms. The van der Waals surface area contributed by atoms with Gasteiger partial charge in [0.1, 0.15) is 0 Å². The summed E-state index contributed by atoms with van der Waals surface area (Å²) in [6.45, 7) is 14.4. The molecule has 0 N–H and O–H groups in total. The zero-order chi connectivity index (χ0) is 12.4. The fourth-order valence-electron chi connectivity index (χ4n) is 5.13. The second kappa shape index (κ2) is 3.39. The first kappa shape index (κ1) is 11.8. The van der Waals surface area contributed by atoms with E-state index in [1.54, 1.807) is 5.57 Å². The molecule has 0 unspecified atom stereocenters. The van der Waals surface area contributed by atoms with Crippen LogP contribution in [0, 0.1) is 34.5 Å². The van der Waals surface area contributed by atoms with Crippen LogP contribution < -0.4 is 0 Å². The summed E-state index contributed by atoms with van der Waals surface area (Å²) in [7, 11) is 0. The average molecular weight is 232 g/mol. The summed E-state index contributed by atoms with van der Waals surface area (Å²) in [6.07, 6.45) is 7.03. The predicted octanol–water partition coefficient (Wildman–Crippen LogP) is 5.05. The Bertz CT molecular complexity index is 347. The van der Waals surface area contributed by atoms with Crippen LogP contribution >= 0.6 is 0 Å². The van der Waals surface area contributed by atoms with Crippen molar-refractivity contribution in [3.05, 3.63) is 12.2 Å². The minimum absolute atomic E-state index is 0.564. The van der Waals surface area contributed by atoms with Crippen molar-refractivity contribution in [2.45, 2.75) is 59.8 Å². The molecule has 0 saturated heterocycles. The van der Waals surface area contributed by atoms with Crippen molar-refractivity contribution in [3.8, 4) is 0 Å². The molecule has 0 bridgehead atoms. The van der Waals surface area contributed by atoms with Gasteiger partial charge in [-0.3, -0.25) is 0 Å². The van der Waals surface area contributed by atoms with Crippen molar-refractivity contribution in [1.82, 2.24) is 0 Å².